The summed E-state index contributed by atoms with van der Waals surface area (Å²) in [7, 11) is 0. The second kappa shape index (κ2) is 6.47. The number of rotatable bonds is 4. The molecule has 7 nitrogen and oxygen atoms in total. The number of hydrogen-bond acceptors (Lipinski definition) is 5. The molecule has 1 amide bonds. The molecule has 2 N–H and O–H groups in total. The van der Waals surface area contributed by atoms with Crippen LogP contribution in [0.4, 0.5) is 5.69 Å². The molecule has 1 atom stereocenters. The van der Waals surface area contributed by atoms with Gasteiger partial charge >= 0.3 is 0 Å². The molecule has 0 aliphatic carbocycles. The maximum Gasteiger partial charge on any atom is 0.227 e. The van der Waals surface area contributed by atoms with E-state index >= 15 is 0 Å². The Balaban J connectivity index is 1.56. The average Bonchev–Trinajstić information content (AvgIpc) is 3.03. The molecule has 2 aromatic heterocycles. The number of imidazole rings is 1. The molecular weight excluding hydrogens is 270 g/mol. The number of anilines is 1. The second-order valence-corrected chi connectivity index (χ2v) is 4.82. The first-order chi connectivity index (χ1) is 10.3. The lowest BCUT2D eigenvalue weighted by Gasteiger charge is -2.23. The first kappa shape index (κ1) is 13.7. The number of carbonyl (C=O) groups is 1. The molecule has 3 rings (SSSR count). The molecular formula is C14H17N5O2. The van der Waals surface area contributed by atoms with E-state index in [1.54, 1.807) is 23.3 Å². The van der Waals surface area contributed by atoms with Gasteiger partial charge in [-0.1, -0.05) is 0 Å². The third kappa shape index (κ3) is 3.65. The summed E-state index contributed by atoms with van der Waals surface area (Å²) in [5.41, 5.74) is 0.674. The Morgan fingerprint density at radius 1 is 1.52 bits per heavy atom. The van der Waals surface area contributed by atoms with Gasteiger partial charge in [0.05, 0.1) is 31.0 Å². The van der Waals surface area contributed by atoms with Gasteiger partial charge in [-0.15, -0.1) is 0 Å². The summed E-state index contributed by atoms with van der Waals surface area (Å²) in [5, 5.41) is 6.03. The van der Waals surface area contributed by atoms with Crippen molar-refractivity contribution < 1.29 is 9.53 Å². The summed E-state index contributed by atoms with van der Waals surface area (Å²) in [4.78, 5) is 20.2. The van der Waals surface area contributed by atoms with Crippen LogP contribution in [0.15, 0.2) is 37.1 Å². The largest absolute Gasteiger partial charge is 0.375 e. The van der Waals surface area contributed by atoms with Crippen molar-refractivity contribution in [3.63, 3.8) is 0 Å². The number of nitrogens with one attached hydrogen (secondary N) is 2. The Bertz CT molecular complexity index is 576. The van der Waals surface area contributed by atoms with Crippen LogP contribution in [0.1, 0.15) is 6.42 Å². The van der Waals surface area contributed by atoms with Crippen LogP contribution in [0, 0.1) is 0 Å². The number of aromatic nitrogens is 3. The van der Waals surface area contributed by atoms with Gasteiger partial charge in [0.15, 0.2) is 0 Å². The van der Waals surface area contributed by atoms with E-state index in [0.29, 0.717) is 25.3 Å². The minimum Gasteiger partial charge on any atom is -0.375 e. The van der Waals surface area contributed by atoms with Crippen molar-refractivity contribution in [1.82, 2.24) is 19.9 Å². The molecule has 2 aromatic rings. The van der Waals surface area contributed by atoms with Crippen LogP contribution in [0.5, 0.6) is 0 Å². The number of pyridine rings is 1. The smallest absolute Gasteiger partial charge is 0.227 e. The Morgan fingerprint density at radius 3 is 3.14 bits per heavy atom. The molecule has 0 bridgehead atoms. The van der Waals surface area contributed by atoms with Gasteiger partial charge in [0.2, 0.25) is 5.91 Å². The number of hydrogen-bond donors (Lipinski definition) is 2. The summed E-state index contributed by atoms with van der Waals surface area (Å²) >= 11 is 0. The highest BCUT2D eigenvalue weighted by molar-refractivity contribution is 5.90. The fourth-order valence-corrected chi connectivity index (χ4v) is 2.18. The molecule has 0 radical (unpaired) electrons. The van der Waals surface area contributed by atoms with Gasteiger partial charge < -0.3 is 15.4 Å². The number of amides is 1. The monoisotopic (exact) mass is 287 g/mol. The maximum absolute atomic E-state index is 11.9. The summed E-state index contributed by atoms with van der Waals surface area (Å²) in [6.45, 7) is 2.21. The molecule has 1 aliphatic heterocycles. The van der Waals surface area contributed by atoms with Gasteiger partial charge in [-0.3, -0.25) is 9.36 Å². The molecule has 1 aliphatic rings. The normalized spacial score (nSPS) is 18.4. The first-order valence-corrected chi connectivity index (χ1v) is 6.88. The van der Waals surface area contributed by atoms with Gasteiger partial charge in [-0.25, -0.2) is 9.97 Å². The molecule has 21 heavy (non-hydrogen) atoms. The SMILES string of the molecule is O=C(CC1CNCCO1)Nc1ccc(-n2ccnc2)nc1. The van der Waals surface area contributed by atoms with Crippen LogP contribution in [0.2, 0.25) is 0 Å². The van der Waals surface area contributed by atoms with Crippen molar-refractivity contribution in [2.45, 2.75) is 12.5 Å². The highest BCUT2D eigenvalue weighted by atomic mass is 16.5. The number of carbonyl (C=O) groups excluding carboxylic acids is 1. The van der Waals surface area contributed by atoms with Crippen molar-refractivity contribution in [1.29, 1.82) is 0 Å². The van der Waals surface area contributed by atoms with Crippen LogP contribution < -0.4 is 10.6 Å². The first-order valence-electron chi connectivity index (χ1n) is 6.88. The van der Waals surface area contributed by atoms with E-state index in [-0.39, 0.29) is 12.0 Å². The molecule has 7 heteroatoms. The molecule has 0 saturated carbocycles. The van der Waals surface area contributed by atoms with Gasteiger partial charge in [0.1, 0.15) is 12.1 Å². The van der Waals surface area contributed by atoms with Gasteiger partial charge in [-0.05, 0) is 12.1 Å². The Hall–Kier alpha value is -2.25. The lowest BCUT2D eigenvalue weighted by molar-refractivity contribution is -0.119. The van der Waals surface area contributed by atoms with Crippen LogP contribution in [0.25, 0.3) is 5.82 Å². The summed E-state index contributed by atoms with van der Waals surface area (Å²) in [6, 6.07) is 3.65. The lowest BCUT2D eigenvalue weighted by atomic mass is 10.2. The van der Waals surface area contributed by atoms with Gasteiger partial charge in [-0.2, -0.15) is 0 Å². The van der Waals surface area contributed by atoms with Crippen LogP contribution in [-0.2, 0) is 9.53 Å². The Morgan fingerprint density at radius 2 is 2.48 bits per heavy atom. The number of nitrogens with zero attached hydrogens (tertiary/aromatic N) is 3. The minimum absolute atomic E-state index is 0.0584. The Kier molecular flexibility index (Phi) is 4.23. The van der Waals surface area contributed by atoms with E-state index in [2.05, 4.69) is 20.6 Å². The zero-order valence-electron chi connectivity index (χ0n) is 11.5. The number of morpholine rings is 1. The van der Waals surface area contributed by atoms with Crippen molar-refractivity contribution >= 4 is 11.6 Å². The van der Waals surface area contributed by atoms with Crippen LogP contribution in [0.3, 0.4) is 0 Å². The van der Waals surface area contributed by atoms with Crippen molar-refractivity contribution in [3.8, 4) is 5.82 Å². The van der Waals surface area contributed by atoms with Crippen molar-refractivity contribution in [3.05, 3.63) is 37.1 Å². The van der Waals surface area contributed by atoms with E-state index in [4.69, 9.17) is 4.74 Å². The van der Waals surface area contributed by atoms with E-state index in [0.717, 1.165) is 12.4 Å². The molecule has 1 saturated heterocycles. The summed E-state index contributed by atoms with van der Waals surface area (Å²) in [5.74, 6) is 0.686. The fourth-order valence-electron chi connectivity index (χ4n) is 2.18. The fraction of sp³-hybridized carbons (Fsp3) is 0.357. The Labute approximate surface area is 122 Å². The van der Waals surface area contributed by atoms with Gasteiger partial charge in [0.25, 0.3) is 0 Å². The van der Waals surface area contributed by atoms with E-state index in [9.17, 15) is 4.79 Å². The van der Waals surface area contributed by atoms with Crippen LogP contribution >= 0.6 is 0 Å². The average molecular weight is 287 g/mol. The van der Waals surface area contributed by atoms with E-state index in [1.807, 2.05) is 18.3 Å². The highest BCUT2D eigenvalue weighted by Gasteiger charge is 2.17. The topological polar surface area (TPSA) is 81.1 Å². The van der Waals surface area contributed by atoms with Crippen LogP contribution in [-0.4, -0.2) is 46.2 Å². The van der Waals surface area contributed by atoms with Crippen molar-refractivity contribution in [2.24, 2.45) is 0 Å². The third-order valence-electron chi connectivity index (χ3n) is 3.22. The maximum atomic E-state index is 11.9. The predicted molar refractivity (Wildman–Crippen MR) is 77.2 cm³/mol. The van der Waals surface area contributed by atoms with E-state index < -0.39 is 0 Å². The lowest BCUT2D eigenvalue weighted by Crippen LogP contribution is -2.40. The molecule has 1 unspecified atom stereocenters. The van der Waals surface area contributed by atoms with Crippen molar-refractivity contribution in [2.75, 3.05) is 25.0 Å². The second-order valence-electron chi connectivity index (χ2n) is 4.82. The highest BCUT2D eigenvalue weighted by Crippen LogP contribution is 2.11. The predicted octanol–water partition coefficient (Wildman–Crippen LogP) is 0.584. The zero-order chi connectivity index (χ0) is 14.5. The molecule has 0 spiro atoms. The number of ether oxygens (including phenoxy) is 1. The molecule has 0 aromatic carbocycles. The standard InChI is InChI=1S/C14H17N5O2/c20-14(7-12-9-15-4-6-21-12)18-11-1-2-13(17-8-11)19-5-3-16-10-19/h1-3,5,8,10,12,15H,4,6-7,9H2,(H,18,20). The molecule has 1 fully saturated rings. The van der Waals surface area contributed by atoms with Gasteiger partial charge in [0, 0.05) is 25.5 Å². The summed E-state index contributed by atoms with van der Waals surface area (Å²) < 4.78 is 7.30. The third-order valence-corrected chi connectivity index (χ3v) is 3.22. The molecule has 110 valence electrons. The minimum atomic E-state index is -0.0686. The molecule has 3 heterocycles. The summed E-state index contributed by atoms with van der Waals surface area (Å²) in [6.07, 6.45) is 7.10. The quantitative estimate of drug-likeness (QED) is 0.860. The van der Waals surface area contributed by atoms with E-state index in [1.165, 1.54) is 0 Å². The zero-order valence-corrected chi connectivity index (χ0v) is 11.5.